The molecule has 0 aromatic rings. The molecule has 17 heavy (non-hydrogen) atoms. The molecule has 4 heteroatoms. The second-order valence-electron chi connectivity index (χ2n) is 4.80. The van der Waals surface area contributed by atoms with Crippen molar-refractivity contribution in [1.29, 1.82) is 0 Å². The average molecular weight is 242 g/mol. The average Bonchev–Trinajstić information content (AvgIpc) is 2.30. The van der Waals surface area contributed by atoms with E-state index in [0.717, 1.165) is 25.7 Å². The molecule has 0 amide bonds. The zero-order chi connectivity index (χ0) is 12.7. The lowest BCUT2D eigenvalue weighted by Gasteiger charge is -2.39. The van der Waals surface area contributed by atoms with E-state index in [1.807, 2.05) is 0 Å². The third-order valence-corrected chi connectivity index (χ3v) is 3.47. The zero-order valence-electron chi connectivity index (χ0n) is 10.5. The van der Waals surface area contributed by atoms with Gasteiger partial charge in [0.15, 0.2) is 0 Å². The van der Waals surface area contributed by atoms with Gasteiger partial charge in [0.05, 0.1) is 6.10 Å². The van der Waals surface area contributed by atoms with Crippen molar-refractivity contribution in [2.24, 2.45) is 5.41 Å². The number of carbonyl (C=O) groups is 1. The Kier molecular flexibility index (Phi) is 5.65. The van der Waals surface area contributed by atoms with Gasteiger partial charge >= 0.3 is 5.97 Å². The molecule has 0 bridgehead atoms. The molecule has 0 aliphatic heterocycles. The van der Waals surface area contributed by atoms with Gasteiger partial charge < -0.3 is 5.11 Å². The first-order valence-corrected chi connectivity index (χ1v) is 6.20. The van der Waals surface area contributed by atoms with Crippen LogP contribution in [0.1, 0.15) is 45.4 Å². The summed E-state index contributed by atoms with van der Waals surface area (Å²) in [5, 5.41) is 10.2. The van der Waals surface area contributed by atoms with Gasteiger partial charge in [0.2, 0.25) is 0 Å². The lowest BCUT2D eigenvalue weighted by molar-refractivity contribution is -0.292. The van der Waals surface area contributed by atoms with Crippen molar-refractivity contribution in [2.75, 3.05) is 6.61 Å². The van der Waals surface area contributed by atoms with Crippen LogP contribution in [-0.4, -0.2) is 23.8 Å². The molecular weight excluding hydrogens is 220 g/mol. The van der Waals surface area contributed by atoms with E-state index < -0.39 is 12.1 Å². The number of aliphatic hydroxyl groups is 1. The summed E-state index contributed by atoms with van der Waals surface area (Å²) in [5.74, 6) is -0.464. The third-order valence-electron chi connectivity index (χ3n) is 3.47. The summed E-state index contributed by atoms with van der Waals surface area (Å²) in [6.45, 7) is 5.21. The first-order valence-electron chi connectivity index (χ1n) is 6.20. The Labute approximate surface area is 103 Å². The number of rotatable bonds is 6. The summed E-state index contributed by atoms with van der Waals surface area (Å²) >= 11 is 0. The van der Waals surface area contributed by atoms with Crippen LogP contribution < -0.4 is 0 Å². The molecule has 0 heterocycles. The molecule has 1 atom stereocenters. The van der Waals surface area contributed by atoms with Gasteiger partial charge in [-0.1, -0.05) is 25.3 Å². The second kappa shape index (κ2) is 6.77. The van der Waals surface area contributed by atoms with Crippen molar-refractivity contribution < 1.29 is 19.7 Å². The molecule has 0 aromatic heterocycles. The van der Waals surface area contributed by atoms with Crippen LogP contribution in [0.5, 0.6) is 0 Å². The van der Waals surface area contributed by atoms with E-state index in [4.69, 9.17) is 4.89 Å². The Bertz CT molecular complexity index is 256. The predicted molar refractivity (Wildman–Crippen MR) is 64.1 cm³/mol. The largest absolute Gasteiger partial charge is 0.392 e. The molecule has 4 nitrogen and oxygen atoms in total. The number of hydrogen-bond acceptors (Lipinski definition) is 4. The summed E-state index contributed by atoms with van der Waals surface area (Å²) in [7, 11) is 0. The Morgan fingerprint density at radius 2 is 2.12 bits per heavy atom. The molecule has 1 aliphatic carbocycles. The third kappa shape index (κ3) is 4.13. The number of hydrogen-bond donors (Lipinski definition) is 1. The quantitative estimate of drug-likeness (QED) is 0.441. The molecule has 1 N–H and O–H groups in total. The summed E-state index contributed by atoms with van der Waals surface area (Å²) < 4.78 is 0. The van der Waals surface area contributed by atoms with Crippen molar-refractivity contribution in [1.82, 2.24) is 0 Å². The first kappa shape index (κ1) is 14.2. The maximum absolute atomic E-state index is 10.7. The van der Waals surface area contributed by atoms with Crippen LogP contribution in [0.3, 0.4) is 0 Å². The highest BCUT2D eigenvalue weighted by Crippen LogP contribution is 2.40. The van der Waals surface area contributed by atoms with E-state index >= 15 is 0 Å². The van der Waals surface area contributed by atoms with Gasteiger partial charge in [-0.3, -0.25) is 4.89 Å². The Morgan fingerprint density at radius 3 is 2.65 bits per heavy atom. The fraction of sp³-hybridized carbons (Fsp3) is 0.769. The van der Waals surface area contributed by atoms with Gasteiger partial charge in [-0.25, -0.2) is 4.79 Å². The van der Waals surface area contributed by atoms with Gasteiger partial charge in [-0.2, -0.15) is 4.89 Å². The van der Waals surface area contributed by atoms with Crippen LogP contribution in [0.15, 0.2) is 12.7 Å². The standard InChI is InChI=1S/C13H22O4/c1-3-7-12(15)13(8-5-4-6-9-13)10-16-17-11(2)14/h3,12,15H,1,4-10H2,2H3. The molecule has 1 saturated carbocycles. The van der Waals surface area contributed by atoms with E-state index in [1.165, 1.54) is 13.3 Å². The van der Waals surface area contributed by atoms with Gasteiger partial charge in [-0.15, -0.1) is 6.58 Å². The van der Waals surface area contributed by atoms with Crippen LogP contribution >= 0.6 is 0 Å². The highest BCUT2D eigenvalue weighted by Gasteiger charge is 2.39. The fourth-order valence-electron chi connectivity index (χ4n) is 2.47. The van der Waals surface area contributed by atoms with Gasteiger partial charge in [0.25, 0.3) is 0 Å². The van der Waals surface area contributed by atoms with E-state index in [-0.39, 0.29) is 12.0 Å². The summed E-state index contributed by atoms with van der Waals surface area (Å²) in [6.07, 6.45) is 6.95. The van der Waals surface area contributed by atoms with E-state index in [1.54, 1.807) is 6.08 Å². The molecule has 0 aromatic carbocycles. The van der Waals surface area contributed by atoms with Gasteiger partial charge in [0.1, 0.15) is 6.61 Å². The second-order valence-corrected chi connectivity index (χ2v) is 4.80. The minimum Gasteiger partial charge on any atom is -0.392 e. The van der Waals surface area contributed by atoms with Crippen molar-refractivity contribution in [2.45, 2.75) is 51.6 Å². The SMILES string of the molecule is C=CCC(O)C1(COOC(C)=O)CCCCC1. The minimum atomic E-state index is -0.476. The Hall–Kier alpha value is -0.870. The molecule has 1 fully saturated rings. The monoisotopic (exact) mass is 242 g/mol. The highest BCUT2D eigenvalue weighted by molar-refractivity contribution is 5.65. The lowest BCUT2D eigenvalue weighted by atomic mass is 9.70. The topological polar surface area (TPSA) is 55.8 Å². The highest BCUT2D eigenvalue weighted by atomic mass is 17.2. The van der Waals surface area contributed by atoms with E-state index in [2.05, 4.69) is 11.5 Å². The number of aliphatic hydroxyl groups excluding tert-OH is 1. The van der Waals surface area contributed by atoms with Crippen molar-refractivity contribution in [3.63, 3.8) is 0 Å². The van der Waals surface area contributed by atoms with Crippen LogP contribution in [0.4, 0.5) is 0 Å². The summed E-state index contributed by atoms with van der Waals surface area (Å²) in [6, 6.07) is 0. The van der Waals surface area contributed by atoms with Crippen LogP contribution in [-0.2, 0) is 14.6 Å². The van der Waals surface area contributed by atoms with Crippen LogP contribution in [0.2, 0.25) is 0 Å². The molecule has 1 aliphatic rings. The lowest BCUT2D eigenvalue weighted by Crippen LogP contribution is -2.41. The Balaban J connectivity index is 2.57. The Morgan fingerprint density at radius 1 is 1.47 bits per heavy atom. The maximum Gasteiger partial charge on any atom is 0.339 e. The normalized spacial score (nSPS) is 20.6. The van der Waals surface area contributed by atoms with Gasteiger partial charge in [-0.05, 0) is 19.3 Å². The molecule has 0 saturated heterocycles. The van der Waals surface area contributed by atoms with Crippen LogP contribution in [0, 0.1) is 5.41 Å². The molecule has 1 unspecified atom stereocenters. The first-order chi connectivity index (χ1) is 8.10. The summed E-state index contributed by atoms with van der Waals surface area (Å²) in [4.78, 5) is 20.1. The summed E-state index contributed by atoms with van der Waals surface area (Å²) in [5.41, 5.74) is -0.290. The molecule has 1 rings (SSSR count). The van der Waals surface area contributed by atoms with Crippen molar-refractivity contribution >= 4 is 5.97 Å². The minimum absolute atomic E-state index is 0.265. The van der Waals surface area contributed by atoms with E-state index in [0.29, 0.717) is 6.42 Å². The van der Waals surface area contributed by atoms with Crippen molar-refractivity contribution in [3.8, 4) is 0 Å². The smallest absolute Gasteiger partial charge is 0.339 e. The van der Waals surface area contributed by atoms with E-state index in [9.17, 15) is 9.90 Å². The maximum atomic E-state index is 10.7. The zero-order valence-corrected chi connectivity index (χ0v) is 10.5. The fourth-order valence-corrected chi connectivity index (χ4v) is 2.47. The molecule has 98 valence electrons. The predicted octanol–water partition coefficient (Wildman–Crippen LogP) is 2.37. The van der Waals surface area contributed by atoms with Crippen LogP contribution in [0.25, 0.3) is 0 Å². The molecule has 0 radical (unpaired) electrons. The number of carbonyl (C=O) groups excluding carboxylic acids is 1. The van der Waals surface area contributed by atoms with Gasteiger partial charge in [0, 0.05) is 12.3 Å². The van der Waals surface area contributed by atoms with Crippen molar-refractivity contribution in [3.05, 3.63) is 12.7 Å². The molecular formula is C13H22O4. The molecule has 0 spiro atoms.